The molecule has 6 heteroatoms. The zero-order valence-corrected chi connectivity index (χ0v) is 14.7. The van der Waals surface area contributed by atoms with E-state index < -0.39 is 11.9 Å². The van der Waals surface area contributed by atoms with E-state index in [9.17, 15) is 9.59 Å². The average Bonchev–Trinajstić information content (AvgIpc) is 2.57. The van der Waals surface area contributed by atoms with E-state index in [0.717, 1.165) is 16.7 Å². The van der Waals surface area contributed by atoms with Crippen molar-refractivity contribution in [3.63, 3.8) is 0 Å². The molecule has 1 unspecified atom stereocenters. The lowest BCUT2D eigenvalue weighted by Gasteiger charge is -2.34. The van der Waals surface area contributed by atoms with Gasteiger partial charge in [0.25, 0.3) is 0 Å². The van der Waals surface area contributed by atoms with E-state index in [0.29, 0.717) is 23.7 Å². The number of nitrogens with one attached hydrogen (secondary N) is 1. The molecule has 0 spiro atoms. The average molecular weight is 358 g/mol. The van der Waals surface area contributed by atoms with Crippen LogP contribution in [0.15, 0.2) is 42.5 Å². The smallest absolute Gasteiger partial charge is 0.238 e. The molecule has 1 aliphatic rings. The van der Waals surface area contributed by atoms with Crippen LogP contribution in [0.5, 0.6) is 0 Å². The molecule has 0 radical (unpaired) electrons. The highest BCUT2D eigenvalue weighted by Crippen LogP contribution is 2.24. The first-order valence-corrected chi connectivity index (χ1v) is 8.48. The number of primary amides is 1. The summed E-state index contributed by atoms with van der Waals surface area (Å²) in [5.74, 6) is -0.614. The number of nitrogens with zero attached hydrogens (tertiary/aromatic N) is 1. The van der Waals surface area contributed by atoms with Crippen molar-refractivity contribution in [3.05, 3.63) is 64.2 Å². The normalized spacial score (nSPS) is 17.0. The molecule has 0 bridgehead atoms. The molecule has 2 aromatic rings. The lowest BCUT2D eigenvalue weighted by molar-refractivity contribution is -0.125. The Balaban J connectivity index is 1.75. The van der Waals surface area contributed by atoms with Crippen LogP contribution >= 0.6 is 11.6 Å². The largest absolute Gasteiger partial charge is 0.368 e. The van der Waals surface area contributed by atoms with E-state index in [2.05, 4.69) is 5.32 Å². The third kappa shape index (κ3) is 4.00. The molecule has 2 aromatic carbocycles. The van der Waals surface area contributed by atoms with Crippen molar-refractivity contribution in [1.82, 2.24) is 4.90 Å². The summed E-state index contributed by atoms with van der Waals surface area (Å²) in [5.41, 5.74) is 9.38. The number of nitrogens with two attached hydrogens (primary N) is 1. The van der Waals surface area contributed by atoms with Crippen LogP contribution in [0.4, 0.5) is 5.69 Å². The van der Waals surface area contributed by atoms with Gasteiger partial charge in [-0.3, -0.25) is 14.5 Å². The zero-order chi connectivity index (χ0) is 18.0. The number of carbonyl (C=O) groups excluding carboxylic acids is 2. The molecule has 1 heterocycles. The number of hydrogen-bond donors (Lipinski definition) is 2. The second kappa shape index (κ2) is 7.25. The third-order valence-electron chi connectivity index (χ3n) is 4.49. The van der Waals surface area contributed by atoms with E-state index in [1.165, 1.54) is 0 Å². The van der Waals surface area contributed by atoms with Crippen molar-refractivity contribution in [1.29, 1.82) is 0 Å². The molecule has 0 fully saturated rings. The Bertz CT molecular complexity index is 822. The number of benzene rings is 2. The predicted molar refractivity (Wildman–Crippen MR) is 98.4 cm³/mol. The molecule has 25 heavy (non-hydrogen) atoms. The van der Waals surface area contributed by atoms with Gasteiger partial charge in [0.15, 0.2) is 0 Å². The maximum absolute atomic E-state index is 12.5. The second-order valence-corrected chi connectivity index (χ2v) is 6.74. The summed E-state index contributed by atoms with van der Waals surface area (Å²) in [6.45, 7) is 2.51. The van der Waals surface area contributed by atoms with Gasteiger partial charge in [0.05, 0.1) is 12.6 Å². The minimum Gasteiger partial charge on any atom is -0.368 e. The van der Waals surface area contributed by atoms with Gasteiger partial charge in [-0.2, -0.15) is 0 Å². The lowest BCUT2D eigenvalue weighted by atomic mass is 9.93. The first kappa shape index (κ1) is 17.5. The predicted octanol–water partition coefficient (Wildman–Crippen LogP) is 2.50. The summed E-state index contributed by atoms with van der Waals surface area (Å²) < 4.78 is 0. The zero-order valence-electron chi connectivity index (χ0n) is 14.0. The van der Waals surface area contributed by atoms with Crippen LogP contribution in [0.1, 0.15) is 16.7 Å². The molecule has 0 aliphatic carbocycles. The van der Waals surface area contributed by atoms with Gasteiger partial charge in [-0.15, -0.1) is 0 Å². The molecule has 3 N–H and O–H groups in total. The molecule has 0 saturated heterocycles. The van der Waals surface area contributed by atoms with E-state index in [1.54, 1.807) is 12.1 Å². The molecule has 0 aromatic heterocycles. The molecular weight excluding hydrogens is 338 g/mol. The number of rotatable bonds is 4. The summed E-state index contributed by atoms with van der Waals surface area (Å²) in [6.07, 6.45) is 0.523. The van der Waals surface area contributed by atoms with Crippen molar-refractivity contribution in [2.24, 2.45) is 5.73 Å². The monoisotopic (exact) mass is 357 g/mol. The van der Waals surface area contributed by atoms with Crippen LogP contribution in [0.25, 0.3) is 0 Å². The maximum atomic E-state index is 12.5. The van der Waals surface area contributed by atoms with Crippen LogP contribution in [-0.4, -0.2) is 29.3 Å². The van der Waals surface area contributed by atoms with Gasteiger partial charge in [-0.1, -0.05) is 41.9 Å². The van der Waals surface area contributed by atoms with Gasteiger partial charge in [0, 0.05) is 17.3 Å². The highest BCUT2D eigenvalue weighted by molar-refractivity contribution is 6.31. The highest BCUT2D eigenvalue weighted by Gasteiger charge is 2.31. The van der Waals surface area contributed by atoms with E-state index in [-0.39, 0.29) is 12.5 Å². The molecule has 1 aliphatic heterocycles. The summed E-state index contributed by atoms with van der Waals surface area (Å²) in [5, 5.41) is 3.42. The molecule has 0 saturated carbocycles. The maximum Gasteiger partial charge on any atom is 0.238 e. The van der Waals surface area contributed by atoms with E-state index >= 15 is 0 Å². The van der Waals surface area contributed by atoms with Gasteiger partial charge in [0.2, 0.25) is 11.8 Å². The number of hydrogen-bond acceptors (Lipinski definition) is 3. The molecule has 1 atom stereocenters. The third-order valence-corrected chi connectivity index (χ3v) is 4.73. The van der Waals surface area contributed by atoms with Gasteiger partial charge < -0.3 is 11.1 Å². The Morgan fingerprint density at radius 2 is 1.96 bits per heavy atom. The topological polar surface area (TPSA) is 75.4 Å². The molecule has 2 amide bonds. The number of halogens is 1. The molecule has 130 valence electrons. The number of fused-ring (bicyclic) bond motifs is 1. The minimum atomic E-state index is -0.485. The SMILES string of the molecule is Cc1ccc(Cl)cc1NC(=O)CN1Cc2ccccc2CC1C(N)=O. The summed E-state index contributed by atoms with van der Waals surface area (Å²) >= 11 is 5.99. The van der Waals surface area contributed by atoms with Crippen molar-refractivity contribution < 1.29 is 9.59 Å². The first-order valence-electron chi connectivity index (χ1n) is 8.10. The number of anilines is 1. The summed E-state index contributed by atoms with van der Waals surface area (Å²) in [7, 11) is 0. The number of carbonyl (C=O) groups is 2. The van der Waals surface area contributed by atoms with Crippen LogP contribution in [-0.2, 0) is 22.6 Å². The van der Waals surface area contributed by atoms with Crippen LogP contribution < -0.4 is 11.1 Å². The Labute approximate surface area is 151 Å². The number of amides is 2. The van der Waals surface area contributed by atoms with Gasteiger partial charge in [0.1, 0.15) is 0 Å². The molecule has 5 nitrogen and oxygen atoms in total. The summed E-state index contributed by atoms with van der Waals surface area (Å²) in [4.78, 5) is 26.1. The standard InChI is InChI=1S/C19H20ClN3O2/c1-12-6-7-15(20)9-16(12)22-18(24)11-23-10-14-5-3-2-4-13(14)8-17(23)19(21)25/h2-7,9,17H,8,10-11H2,1H3,(H2,21,25)(H,22,24). The second-order valence-electron chi connectivity index (χ2n) is 6.30. The van der Waals surface area contributed by atoms with E-state index in [4.69, 9.17) is 17.3 Å². The Morgan fingerprint density at radius 1 is 1.24 bits per heavy atom. The van der Waals surface area contributed by atoms with Crippen LogP contribution in [0.3, 0.4) is 0 Å². The van der Waals surface area contributed by atoms with Crippen molar-refractivity contribution in [2.75, 3.05) is 11.9 Å². The lowest BCUT2D eigenvalue weighted by Crippen LogP contribution is -2.50. The van der Waals surface area contributed by atoms with Crippen molar-refractivity contribution in [3.8, 4) is 0 Å². The van der Waals surface area contributed by atoms with Gasteiger partial charge >= 0.3 is 0 Å². The minimum absolute atomic E-state index is 0.0912. The number of aryl methyl sites for hydroxylation is 1. The fraction of sp³-hybridized carbons (Fsp3) is 0.263. The summed E-state index contributed by atoms with van der Waals surface area (Å²) in [6, 6.07) is 12.8. The Kier molecular flexibility index (Phi) is 5.06. The quantitative estimate of drug-likeness (QED) is 0.882. The Morgan fingerprint density at radius 3 is 2.68 bits per heavy atom. The fourth-order valence-electron chi connectivity index (χ4n) is 3.13. The highest BCUT2D eigenvalue weighted by atomic mass is 35.5. The van der Waals surface area contributed by atoms with Gasteiger partial charge in [-0.05, 0) is 42.2 Å². The molecular formula is C19H20ClN3O2. The Hall–Kier alpha value is -2.37. The van der Waals surface area contributed by atoms with Gasteiger partial charge in [-0.25, -0.2) is 0 Å². The fourth-order valence-corrected chi connectivity index (χ4v) is 3.30. The first-order chi connectivity index (χ1) is 11.9. The van der Waals surface area contributed by atoms with Crippen LogP contribution in [0, 0.1) is 6.92 Å². The van der Waals surface area contributed by atoms with Crippen molar-refractivity contribution >= 4 is 29.1 Å². The van der Waals surface area contributed by atoms with Crippen LogP contribution in [0.2, 0.25) is 5.02 Å². The van der Waals surface area contributed by atoms with E-state index in [1.807, 2.05) is 42.2 Å². The van der Waals surface area contributed by atoms with Crippen molar-refractivity contribution in [2.45, 2.75) is 25.9 Å². The molecule has 3 rings (SSSR count).